The maximum absolute atomic E-state index is 11.5. The quantitative estimate of drug-likeness (QED) is 0.618. The number of methoxy groups -OCH3 is 1. The zero-order valence-corrected chi connectivity index (χ0v) is 9.28. The number of likely N-dealkylation sites (tertiary alicyclic amines) is 1. The summed E-state index contributed by atoms with van der Waals surface area (Å²) in [7, 11) is 3.31. The molecule has 0 aliphatic carbocycles. The van der Waals surface area contributed by atoms with Crippen molar-refractivity contribution in [3.8, 4) is 0 Å². The standard InChI is InChI=1S/C10H19NO3/c1-7-6-11(3)8(2)5-10(7,13)9(12)14-4/h7-8,13H,5-6H2,1-4H3/t7-,8-,10-/m0/s1. The molecule has 1 rings (SSSR count). The third-order valence-corrected chi connectivity index (χ3v) is 3.28. The second-order valence-electron chi connectivity index (χ2n) is 4.31. The van der Waals surface area contributed by atoms with Crippen LogP contribution in [0.25, 0.3) is 0 Å². The van der Waals surface area contributed by atoms with E-state index in [9.17, 15) is 9.90 Å². The van der Waals surface area contributed by atoms with Gasteiger partial charge in [0, 0.05) is 24.9 Å². The Morgan fingerprint density at radius 3 is 2.64 bits per heavy atom. The Labute approximate surface area is 84.8 Å². The van der Waals surface area contributed by atoms with Crippen molar-refractivity contribution in [2.45, 2.75) is 31.9 Å². The third-order valence-electron chi connectivity index (χ3n) is 3.28. The van der Waals surface area contributed by atoms with Gasteiger partial charge >= 0.3 is 5.97 Å². The molecule has 0 saturated carbocycles. The minimum absolute atomic E-state index is 0.0869. The average molecular weight is 201 g/mol. The smallest absolute Gasteiger partial charge is 0.338 e. The Hall–Kier alpha value is -0.610. The normalized spacial score (nSPS) is 39.5. The number of aliphatic hydroxyl groups is 1. The van der Waals surface area contributed by atoms with Crippen LogP contribution in [0.5, 0.6) is 0 Å². The van der Waals surface area contributed by atoms with E-state index in [1.807, 2.05) is 20.9 Å². The minimum atomic E-state index is -1.30. The van der Waals surface area contributed by atoms with Gasteiger partial charge in [-0.05, 0) is 14.0 Å². The Morgan fingerprint density at radius 1 is 1.57 bits per heavy atom. The molecule has 0 bridgehead atoms. The van der Waals surface area contributed by atoms with Crippen molar-refractivity contribution >= 4 is 5.97 Å². The maximum atomic E-state index is 11.5. The Bertz CT molecular complexity index is 231. The third kappa shape index (κ3) is 1.77. The van der Waals surface area contributed by atoms with Crippen LogP contribution in [0.3, 0.4) is 0 Å². The van der Waals surface area contributed by atoms with E-state index in [4.69, 9.17) is 0 Å². The summed E-state index contributed by atoms with van der Waals surface area (Å²) >= 11 is 0. The van der Waals surface area contributed by atoms with Crippen molar-refractivity contribution in [3.63, 3.8) is 0 Å². The summed E-state index contributed by atoms with van der Waals surface area (Å²) in [5, 5.41) is 10.2. The summed E-state index contributed by atoms with van der Waals surface area (Å²) < 4.78 is 4.64. The van der Waals surface area contributed by atoms with Gasteiger partial charge in [-0.2, -0.15) is 0 Å². The second-order valence-corrected chi connectivity index (χ2v) is 4.31. The monoisotopic (exact) mass is 201 g/mol. The number of piperidine rings is 1. The predicted molar refractivity (Wildman–Crippen MR) is 52.8 cm³/mol. The van der Waals surface area contributed by atoms with Gasteiger partial charge in [-0.1, -0.05) is 6.92 Å². The second kappa shape index (κ2) is 3.87. The first-order valence-electron chi connectivity index (χ1n) is 4.93. The number of carbonyl (C=O) groups is 1. The lowest BCUT2D eigenvalue weighted by atomic mass is 9.79. The molecule has 0 aromatic carbocycles. The van der Waals surface area contributed by atoms with E-state index in [2.05, 4.69) is 9.64 Å². The van der Waals surface area contributed by atoms with Crippen LogP contribution >= 0.6 is 0 Å². The molecule has 0 spiro atoms. The highest BCUT2D eigenvalue weighted by atomic mass is 16.5. The van der Waals surface area contributed by atoms with Crippen LogP contribution < -0.4 is 0 Å². The molecule has 4 nitrogen and oxygen atoms in total. The molecule has 1 fully saturated rings. The fourth-order valence-corrected chi connectivity index (χ4v) is 2.03. The molecule has 14 heavy (non-hydrogen) atoms. The first kappa shape index (κ1) is 11.5. The lowest BCUT2D eigenvalue weighted by molar-refractivity contribution is -0.176. The van der Waals surface area contributed by atoms with Gasteiger partial charge in [0.15, 0.2) is 5.60 Å². The number of hydrogen-bond acceptors (Lipinski definition) is 4. The van der Waals surface area contributed by atoms with Crippen LogP contribution in [0.2, 0.25) is 0 Å². The number of esters is 1. The van der Waals surface area contributed by atoms with E-state index >= 15 is 0 Å². The number of carbonyl (C=O) groups excluding carboxylic acids is 1. The topological polar surface area (TPSA) is 49.8 Å². The van der Waals surface area contributed by atoms with Crippen molar-refractivity contribution in [3.05, 3.63) is 0 Å². The highest BCUT2D eigenvalue weighted by Crippen LogP contribution is 2.31. The van der Waals surface area contributed by atoms with Crippen molar-refractivity contribution in [2.24, 2.45) is 5.92 Å². The van der Waals surface area contributed by atoms with Crippen LogP contribution in [0.1, 0.15) is 20.3 Å². The van der Waals surface area contributed by atoms with Crippen molar-refractivity contribution in [2.75, 3.05) is 20.7 Å². The Morgan fingerprint density at radius 2 is 2.14 bits per heavy atom. The largest absolute Gasteiger partial charge is 0.467 e. The summed E-state index contributed by atoms with van der Waals surface area (Å²) in [4.78, 5) is 13.6. The molecule has 1 saturated heterocycles. The van der Waals surface area contributed by atoms with Crippen LogP contribution in [0.4, 0.5) is 0 Å². The summed E-state index contributed by atoms with van der Waals surface area (Å²) in [6.45, 7) is 4.59. The highest BCUT2D eigenvalue weighted by Gasteiger charge is 2.47. The zero-order valence-electron chi connectivity index (χ0n) is 9.28. The number of nitrogens with zero attached hydrogens (tertiary/aromatic N) is 1. The summed E-state index contributed by atoms with van der Waals surface area (Å²) in [5.41, 5.74) is -1.30. The lowest BCUT2D eigenvalue weighted by Crippen LogP contribution is -2.57. The average Bonchev–Trinajstić information content (AvgIpc) is 2.13. The molecule has 0 radical (unpaired) electrons. The minimum Gasteiger partial charge on any atom is -0.467 e. The fraction of sp³-hybridized carbons (Fsp3) is 0.900. The SMILES string of the molecule is COC(=O)[C@]1(O)C[C@H](C)N(C)C[C@@H]1C. The van der Waals surface area contributed by atoms with Gasteiger partial charge < -0.3 is 14.7 Å². The van der Waals surface area contributed by atoms with Crippen LogP contribution in [0, 0.1) is 5.92 Å². The zero-order chi connectivity index (χ0) is 10.9. The van der Waals surface area contributed by atoms with E-state index < -0.39 is 11.6 Å². The predicted octanol–water partition coefficient (Wildman–Crippen LogP) is 0.251. The van der Waals surface area contributed by atoms with Crippen LogP contribution in [-0.2, 0) is 9.53 Å². The van der Waals surface area contributed by atoms with E-state index in [0.717, 1.165) is 0 Å². The molecule has 0 unspecified atom stereocenters. The van der Waals surface area contributed by atoms with Crippen LogP contribution in [0.15, 0.2) is 0 Å². The van der Waals surface area contributed by atoms with Gasteiger partial charge in [0.05, 0.1) is 7.11 Å². The van der Waals surface area contributed by atoms with E-state index in [0.29, 0.717) is 13.0 Å². The molecule has 1 aliphatic heterocycles. The lowest BCUT2D eigenvalue weighted by Gasteiger charge is -2.43. The molecule has 4 heteroatoms. The molecular weight excluding hydrogens is 182 g/mol. The molecule has 0 amide bonds. The molecule has 1 heterocycles. The van der Waals surface area contributed by atoms with Gasteiger partial charge in [-0.15, -0.1) is 0 Å². The van der Waals surface area contributed by atoms with Crippen molar-refractivity contribution in [1.82, 2.24) is 4.90 Å². The maximum Gasteiger partial charge on any atom is 0.338 e. The first-order valence-corrected chi connectivity index (χ1v) is 4.93. The Kier molecular flexibility index (Phi) is 3.17. The van der Waals surface area contributed by atoms with Crippen LogP contribution in [-0.4, -0.2) is 48.3 Å². The number of ether oxygens (including phenoxy) is 1. The first-order chi connectivity index (χ1) is 6.41. The molecule has 0 aromatic rings. The van der Waals surface area contributed by atoms with Crippen molar-refractivity contribution < 1.29 is 14.6 Å². The molecule has 1 aliphatic rings. The van der Waals surface area contributed by atoms with Gasteiger partial charge in [0.1, 0.15) is 0 Å². The number of rotatable bonds is 1. The molecule has 0 aromatic heterocycles. The Balaban J connectivity index is 2.83. The highest BCUT2D eigenvalue weighted by molar-refractivity contribution is 5.79. The van der Waals surface area contributed by atoms with E-state index in [-0.39, 0.29) is 12.0 Å². The summed E-state index contributed by atoms with van der Waals surface area (Å²) in [6, 6.07) is 0.204. The molecular formula is C10H19NO3. The number of hydrogen-bond donors (Lipinski definition) is 1. The van der Waals surface area contributed by atoms with Gasteiger partial charge in [0.2, 0.25) is 0 Å². The molecule has 82 valence electrons. The van der Waals surface area contributed by atoms with Crippen molar-refractivity contribution in [1.29, 1.82) is 0 Å². The summed E-state index contributed by atoms with van der Waals surface area (Å²) in [6.07, 6.45) is 0.442. The summed E-state index contributed by atoms with van der Waals surface area (Å²) in [5.74, 6) is -0.596. The van der Waals surface area contributed by atoms with E-state index in [1.165, 1.54) is 7.11 Å². The van der Waals surface area contributed by atoms with E-state index in [1.54, 1.807) is 0 Å². The fourth-order valence-electron chi connectivity index (χ4n) is 2.03. The molecule has 1 N–H and O–H groups in total. The molecule has 3 atom stereocenters. The van der Waals surface area contributed by atoms with Gasteiger partial charge in [-0.25, -0.2) is 4.79 Å². The van der Waals surface area contributed by atoms with Gasteiger partial charge in [-0.3, -0.25) is 0 Å². The van der Waals surface area contributed by atoms with Gasteiger partial charge in [0.25, 0.3) is 0 Å².